The molecule has 6 heteroatoms. The van der Waals surface area contributed by atoms with E-state index >= 15 is 0 Å². The Hall–Kier alpha value is -0.620. The van der Waals surface area contributed by atoms with Crippen LogP contribution in [0.5, 0.6) is 0 Å². The van der Waals surface area contributed by atoms with Gasteiger partial charge in [-0.3, -0.25) is 4.79 Å². The molecule has 5 nitrogen and oxygen atoms in total. The van der Waals surface area contributed by atoms with Crippen molar-refractivity contribution >= 4 is 15.8 Å². The van der Waals surface area contributed by atoms with E-state index in [2.05, 4.69) is 5.32 Å². The number of aliphatic carboxylic acids is 1. The highest BCUT2D eigenvalue weighted by molar-refractivity contribution is 7.91. The van der Waals surface area contributed by atoms with E-state index in [4.69, 9.17) is 5.11 Å². The van der Waals surface area contributed by atoms with Crippen LogP contribution in [0.15, 0.2) is 0 Å². The predicted octanol–water partition coefficient (Wildman–Crippen LogP) is 0.407. The van der Waals surface area contributed by atoms with Gasteiger partial charge in [0, 0.05) is 11.8 Å². The van der Waals surface area contributed by atoms with Crippen LogP contribution in [-0.2, 0) is 14.6 Å². The molecule has 1 aliphatic heterocycles. The van der Waals surface area contributed by atoms with Gasteiger partial charge in [-0.2, -0.15) is 0 Å². The van der Waals surface area contributed by atoms with Crippen LogP contribution in [0.2, 0.25) is 0 Å². The highest BCUT2D eigenvalue weighted by atomic mass is 32.2. The molecule has 1 aliphatic rings. The SMILES string of the molecule is CCCS(=O)(=O)CCC1CCC(C(=O)O)N1. The Bertz CT molecular complexity index is 339. The standard InChI is InChI=1S/C10H19NO4S/c1-2-6-16(14,15)7-5-8-3-4-9(11-8)10(12)13/h8-9,11H,2-7H2,1H3,(H,12,13). The van der Waals surface area contributed by atoms with Gasteiger partial charge in [-0.05, 0) is 25.7 Å². The molecule has 94 valence electrons. The lowest BCUT2D eigenvalue weighted by atomic mass is 10.1. The lowest BCUT2D eigenvalue weighted by Crippen LogP contribution is -2.36. The third kappa shape index (κ3) is 4.09. The third-order valence-electron chi connectivity index (χ3n) is 2.83. The Kier molecular flexibility index (Phi) is 4.73. The van der Waals surface area contributed by atoms with E-state index < -0.39 is 21.8 Å². The maximum atomic E-state index is 11.5. The first-order valence-electron chi connectivity index (χ1n) is 5.64. The van der Waals surface area contributed by atoms with E-state index in [1.807, 2.05) is 6.92 Å². The number of sulfone groups is 1. The van der Waals surface area contributed by atoms with Crippen molar-refractivity contribution in [1.82, 2.24) is 5.32 Å². The summed E-state index contributed by atoms with van der Waals surface area (Å²) in [6, 6.07) is -0.466. The Morgan fingerprint density at radius 2 is 2.06 bits per heavy atom. The van der Waals surface area contributed by atoms with Crippen molar-refractivity contribution in [2.75, 3.05) is 11.5 Å². The van der Waals surface area contributed by atoms with Crippen molar-refractivity contribution in [1.29, 1.82) is 0 Å². The fourth-order valence-electron chi connectivity index (χ4n) is 1.98. The minimum absolute atomic E-state index is 0.0349. The summed E-state index contributed by atoms with van der Waals surface area (Å²) >= 11 is 0. The molecule has 0 bridgehead atoms. The van der Waals surface area contributed by atoms with Crippen molar-refractivity contribution < 1.29 is 18.3 Å². The molecule has 1 heterocycles. The maximum Gasteiger partial charge on any atom is 0.320 e. The first-order chi connectivity index (χ1) is 7.44. The molecule has 0 aromatic rings. The summed E-state index contributed by atoms with van der Waals surface area (Å²) in [4.78, 5) is 10.7. The molecule has 2 unspecified atom stereocenters. The second-order valence-electron chi connectivity index (χ2n) is 4.27. The van der Waals surface area contributed by atoms with E-state index in [0.717, 1.165) is 6.42 Å². The summed E-state index contributed by atoms with van der Waals surface area (Å²) in [5, 5.41) is 11.7. The van der Waals surface area contributed by atoms with Gasteiger partial charge in [-0.1, -0.05) is 6.92 Å². The molecular formula is C10H19NO4S. The van der Waals surface area contributed by atoms with Crippen molar-refractivity contribution in [3.05, 3.63) is 0 Å². The van der Waals surface area contributed by atoms with Crippen LogP contribution in [0.1, 0.15) is 32.6 Å². The second-order valence-corrected chi connectivity index (χ2v) is 6.58. The molecule has 0 aromatic carbocycles. The number of carbonyl (C=O) groups is 1. The number of nitrogens with one attached hydrogen (secondary N) is 1. The van der Waals surface area contributed by atoms with E-state index in [9.17, 15) is 13.2 Å². The normalized spacial score (nSPS) is 25.8. The minimum Gasteiger partial charge on any atom is -0.480 e. The molecule has 1 fully saturated rings. The van der Waals surface area contributed by atoms with Crippen molar-refractivity contribution in [2.24, 2.45) is 0 Å². The summed E-state index contributed by atoms with van der Waals surface area (Å²) in [5.41, 5.74) is 0. The van der Waals surface area contributed by atoms with Gasteiger partial charge in [0.1, 0.15) is 15.9 Å². The topological polar surface area (TPSA) is 83.5 Å². The summed E-state index contributed by atoms with van der Waals surface area (Å²) < 4.78 is 22.9. The van der Waals surface area contributed by atoms with Gasteiger partial charge in [0.2, 0.25) is 0 Å². The average Bonchev–Trinajstić information content (AvgIpc) is 2.63. The molecule has 1 rings (SSSR count). The monoisotopic (exact) mass is 249 g/mol. The number of carboxylic acids is 1. The maximum absolute atomic E-state index is 11.5. The lowest BCUT2D eigenvalue weighted by molar-refractivity contribution is -0.139. The fraction of sp³-hybridized carbons (Fsp3) is 0.900. The quantitative estimate of drug-likeness (QED) is 0.712. The average molecular weight is 249 g/mol. The number of carboxylic acid groups (broad SMARTS) is 1. The largest absolute Gasteiger partial charge is 0.480 e. The van der Waals surface area contributed by atoms with Gasteiger partial charge in [-0.15, -0.1) is 0 Å². The van der Waals surface area contributed by atoms with Crippen LogP contribution in [0.3, 0.4) is 0 Å². The Morgan fingerprint density at radius 1 is 1.38 bits per heavy atom. The van der Waals surface area contributed by atoms with Gasteiger partial charge in [0.25, 0.3) is 0 Å². The Balaban J connectivity index is 2.33. The summed E-state index contributed by atoms with van der Waals surface area (Å²) in [5.74, 6) is -0.466. The van der Waals surface area contributed by atoms with Crippen LogP contribution < -0.4 is 5.32 Å². The van der Waals surface area contributed by atoms with E-state index in [1.165, 1.54) is 0 Å². The van der Waals surface area contributed by atoms with Crippen LogP contribution in [0.25, 0.3) is 0 Å². The number of hydrogen-bond acceptors (Lipinski definition) is 4. The molecular weight excluding hydrogens is 230 g/mol. The minimum atomic E-state index is -2.94. The Labute approximate surface area is 96.1 Å². The molecule has 0 radical (unpaired) electrons. The van der Waals surface area contributed by atoms with Gasteiger partial charge >= 0.3 is 5.97 Å². The van der Waals surface area contributed by atoms with Gasteiger partial charge in [0.15, 0.2) is 0 Å². The van der Waals surface area contributed by atoms with Gasteiger partial charge < -0.3 is 10.4 Å². The summed E-state index contributed by atoms with van der Waals surface area (Å²) in [6.07, 6.45) is 2.50. The van der Waals surface area contributed by atoms with Crippen molar-refractivity contribution in [3.63, 3.8) is 0 Å². The molecule has 0 amide bonds. The Morgan fingerprint density at radius 3 is 2.56 bits per heavy atom. The van der Waals surface area contributed by atoms with Crippen LogP contribution in [0, 0.1) is 0 Å². The number of hydrogen-bond donors (Lipinski definition) is 2. The van der Waals surface area contributed by atoms with Crippen LogP contribution >= 0.6 is 0 Å². The number of rotatable bonds is 6. The highest BCUT2D eigenvalue weighted by Crippen LogP contribution is 2.16. The molecule has 2 N–H and O–H groups in total. The predicted molar refractivity (Wildman–Crippen MR) is 61.1 cm³/mol. The van der Waals surface area contributed by atoms with Crippen LogP contribution in [0.4, 0.5) is 0 Å². The highest BCUT2D eigenvalue weighted by Gasteiger charge is 2.29. The van der Waals surface area contributed by atoms with E-state index in [1.54, 1.807) is 0 Å². The lowest BCUT2D eigenvalue weighted by Gasteiger charge is -2.11. The van der Waals surface area contributed by atoms with Crippen molar-refractivity contribution in [2.45, 2.75) is 44.7 Å². The van der Waals surface area contributed by atoms with Crippen LogP contribution in [-0.4, -0.2) is 43.1 Å². The summed E-state index contributed by atoms with van der Waals surface area (Å²) in [7, 11) is -2.94. The molecule has 2 atom stereocenters. The van der Waals surface area contributed by atoms with E-state index in [0.29, 0.717) is 19.3 Å². The third-order valence-corrected chi connectivity index (χ3v) is 4.72. The van der Waals surface area contributed by atoms with Gasteiger partial charge in [-0.25, -0.2) is 8.42 Å². The molecule has 1 saturated heterocycles. The zero-order chi connectivity index (χ0) is 12.2. The van der Waals surface area contributed by atoms with Crippen molar-refractivity contribution in [3.8, 4) is 0 Å². The molecule has 0 aliphatic carbocycles. The smallest absolute Gasteiger partial charge is 0.320 e. The zero-order valence-corrected chi connectivity index (χ0v) is 10.3. The first kappa shape index (κ1) is 13.4. The molecule has 0 spiro atoms. The fourth-order valence-corrected chi connectivity index (χ4v) is 3.45. The molecule has 0 saturated carbocycles. The van der Waals surface area contributed by atoms with E-state index in [-0.39, 0.29) is 17.5 Å². The zero-order valence-electron chi connectivity index (χ0n) is 9.48. The van der Waals surface area contributed by atoms with Gasteiger partial charge in [0.05, 0.1) is 5.75 Å². The summed E-state index contributed by atoms with van der Waals surface area (Å²) in [6.45, 7) is 1.84. The molecule has 0 aromatic heterocycles. The molecule has 16 heavy (non-hydrogen) atoms. The second kappa shape index (κ2) is 5.63. The first-order valence-corrected chi connectivity index (χ1v) is 7.46.